The molecule has 1 aromatic rings. The van der Waals surface area contributed by atoms with E-state index in [0.717, 1.165) is 5.56 Å². The van der Waals surface area contributed by atoms with E-state index < -0.39 is 0 Å². The minimum atomic E-state index is -0.374. The molecule has 0 aliphatic rings. The predicted molar refractivity (Wildman–Crippen MR) is 75.3 cm³/mol. The van der Waals surface area contributed by atoms with E-state index in [-0.39, 0.29) is 17.5 Å². The number of hydrogen-bond acceptors (Lipinski definition) is 3. The monoisotopic (exact) mass is 277 g/mol. The summed E-state index contributed by atoms with van der Waals surface area (Å²) >= 11 is 5.78. The zero-order valence-electron chi connectivity index (χ0n) is 10.9. The van der Waals surface area contributed by atoms with Gasteiger partial charge in [0.05, 0.1) is 0 Å². The molecule has 100 valence electrons. The molecule has 0 saturated heterocycles. The molecule has 19 heavy (non-hydrogen) atoms. The maximum absolute atomic E-state index is 11.6. The van der Waals surface area contributed by atoms with Gasteiger partial charge >= 0.3 is 0 Å². The van der Waals surface area contributed by atoms with Crippen molar-refractivity contribution < 1.29 is 4.79 Å². The zero-order valence-corrected chi connectivity index (χ0v) is 11.7. The minimum absolute atomic E-state index is 0.000477. The Morgan fingerprint density at radius 3 is 2.58 bits per heavy atom. The normalized spacial score (nSPS) is 11.0. The molecular formula is C14H16ClN3O. The third-order valence-corrected chi connectivity index (χ3v) is 2.50. The molecule has 0 radical (unpaired) electrons. The number of benzene rings is 1. The van der Waals surface area contributed by atoms with Crippen LogP contribution in [-0.2, 0) is 11.3 Å². The van der Waals surface area contributed by atoms with E-state index in [1.165, 1.54) is 6.20 Å². The molecule has 0 atom stereocenters. The zero-order chi connectivity index (χ0) is 14.3. The molecule has 5 heteroatoms. The van der Waals surface area contributed by atoms with Crippen LogP contribution >= 0.6 is 11.6 Å². The number of halogens is 1. The lowest BCUT2D eigenvalue weighted by molar-refractivity contribution is -0.117. The molecule has 2 N–H and O–H groups in total. The summed E-state index contributed by atoms with van der Waals surface area (Å²) in [6.45, 7) is 4.21. The summed E-state index contributed by atoms with van der Waals surface area (Å²) in [6, 6.07) is 9.21. The van der Waals surface area contributed by atoms with Gasteiger partial charge in [-0.15, -0.1) is 0 Å². The summed E-state index contributed by atoms with van der Waals surface area (Å²) in [6.07, 6.45) is 1.42. The number of rotatable bonds is 5. The molecule has 0 aliphatic heterocycles. The van der Waals surface area contributed by atoms with Gasteiger partial charge in [-0.2, -0.15) is 5.26 Å². The van der Waals surface area contributed by atoms with E-state index in [1.54, 1.807) is 12.1 Å². The Hall–Kier alpha value is -1.99. The van der Waals surface area contributed by atoms with Crippen molar-refractivity contribution in [3.63, 3.8) is 0 Å². The first-order chi connectivity index (χ1) is 9.02. The quantitative estimate of drug-likeness (QED) is 0.641. The predicted octanol–water partition coefficient (Wildman–Crippen LogP) is 2.36. The van der Waals surface area contributed by atoms with Crippen LogP contribution in [0.5, 0.6) is 0 Å². The maximum atomic E-state index is 11.6. The van der Waals surface area contributed by atoms with Gasteiger partial charge in [0.25, 0.3) is 5.91 Å². The maximum Gasteiger partial charge on any atom is 0.263 e. The standard InChI is InChI=1S/C14H16ClN3O/c1-10(2)18-14(19)12(7-16)9-17-8-11-3-5-13(15)6-4-11/h3-6,9-10,17H,8H2,1-2H3,(H,18,19)/b12-9-. The molecule has 1 rings (SSSR count). The van der Waals surface area contributed by atoms with Crippen LogP contribution in [0.3, 0.4) is 0 Å². The van der Waals surface area contributed by atoms with Crippen LogP contribution < -0.4 is 10.6 Å². The van der Waals surface area contributed by atoms with Gasteiger partial charge in [0.15, 0.2) is 0 Å². The minimum Gasteiger partial charge on any atom is -0.386 e. The first kappa shape index (κ1) is 15.1. The highest BCUT2D eigenvalue weighted by Gasteiger charge is 2.09. The highest BCUT2D eigenvalue weighted by Crippen LogP contribution is 2.09. The molecule has 4 nitrogen and oxygen atoms in total. The van der Waals surface area contributed by atoms with Gasteiger partial charge < -0.3 is 10.6 Å². The topological polar surface area (TPSA) is 64.9 Å². The Morgan fingerprint density at radius 1 is 1.42 bits per heavy atom. The van der Waals surface area contributed by atoms with E-state index in [4.69, 9.17) is 16.9 Å². The number of nitrogens with zero attached hydrogens (tertiary/aromatic N) is 1. The summed E-state index contributed by atoms with van der Waals surface area (Å²) in [7, 11) is 0. The van der Waals surface area contributed by atoms with Gasteiger partial charge in [-0.3, -0.25) is 4.79 Å². The molecule has 1 aromatic carbocycles. The van der Waals surface area contributed by atoms with Gasteiger partial charge in [-0.25, -0.2) is 0 Å². The first-order valence-electron chi connectivity index (χ1n) is 5.92. The molecule has 0 aromatic heterocycles. The Morgan fingerprint density at radius 2 is 2.05 bits per heavy atom. The fourth-order valence-corrected chi connectivity index (χ4v) is 1.49. The van der Waals surface area contributed by atoms with E-state index in [9.17, 15) is 4.79 Å². The van der Waals surface area contributed by atoms with Gasteiger partial charge in [-0.1, -0.05) is 23.7 Å². The Labute approximate surface area is 118 Å². The summed E-state index contributed by atoms with van der Waals surface area (Å²) in [5.41, 5.74) is 1.07. The lowest BCUT2D eigenvalue weighted by Crippen LogP contribution is -2.31. The van der Waals surface area contributed by atoms with Gasteiger partial charge in [0.1, 0.15) is 11.6 Å². The molecule has 0 heterocycles. The fourth-order valence-electron chi connectivity index (χ4n) is 1.36. The second-order valence-electron chi connectivity index (χ2n) is 4.31. The van der Waals surface area contributed by atoms with Crippen molar-refractivity contribution in [2.75, 3.05) is 0 Å². The molecule has 0 saturated carbocycles. The SMILES string of the molecule is CC(C)NC(=O)/C(C#N)=C\NCc1ccc(Cl)cc1. The summed E-state index contributed by atoms with van der Waals surface area (Å²) in [4.78, 5) is 11.6. The average molecular weight is 278 g/mol. The largest absolute Gasteiger partial charge is 0.386 e. The Kier molecular flexibility index (Phi) is 5.91. The lowest BCUT2D eigenvalue weighted by Gasteiger charge is -2.07. The molecule has 0 spiro atoms. The van der Waals surface area contributed by atoms with Crippen LogP contribution in [0.4, 0.5) is 0 Å². The van der Waals surface area contributed by atoms with Crippen LogP contribution in [0.25, 0.3) is 0 Å². The van der Waals surface area contributed by atoms with E-state index in [0.29, 0.717) is 11.6 Å². The Bertz CT molecular complexity index is 500. The van der Waals surface area contributed by atoms with Crippen molar-refractivity contribution in [3.8, 4) is 6.07 Å². The molecule has 0 bridgehead atoms. The summed E-state index contributed by atoms with van der Waals surface area (Å²) < 4.78 is 0. The van der Waals surface area contributed by atoms with E-state index >= 15 is 0 Å². The van der Waals surface area contributed by atoms with Crippen molar-refractivity contribution in [3.05, 3.63) is 46.6 Å². The van der Waals surface area contributed by atoms with E-state index in [1.807, 2.05) is 32.0 Å². The lowest BCUT2D eigenvalue weighted by atomic mass is 10.2. The van der Waals surface area contributed by atoms with Crippen LogP contribution in [0.2, 0.25) is 5.02 Å². The third kappa shape index (κ3) is 5.45. The second-order valence-corrected chi connectivity index (χ2v) is 4.74. The number of carbonyl (C=O) groups excluding carboxylic acids is 1. The van der Waals surface area contributed by atoms with E-state index in [2.05, 4.69) is 10.6 Å². The summed E-state index contributed by atoms with van der Waals surface area (Å²) in [5, 5.41) is 15.2. The summed E-state index contributed by atoms with van der Waals surface area (Å²) in [5.74, 6) is -0.374. The van der Waals surface area contributed by atoms with Crippen molar-refractivity contribution in [1.82, 2.24) is 10.6 Å². The van der Waals surface area contributed by atoms with Gasteiger partial charge in [0, 0.05) is 23.8 Å². The van der Waals surface area contributed by atoms with Crippen LogP contribution in [-0.4, -0.2) is 11.9 Å². The Balaban J connectivity index is 2.56. The molecular weight excluding hydrogens is 262 g/mol. The highest BCUT2D eigenvalue weighted by molar-refractivity contribution is 6.30. The molecule has 0 fully saturated rings. The number of hydrogen-bond donors (Lipinski definition) is 2. The number of nitriles is 1. The smallest absolute Gasteiger partial charge is 0.263 e. The molecule has 1 amide bonds. The van der Waals surface area contributed by atoms with Crippen LogP contribution in [0.1, 0.15) is 19.4 Å². The number of carbonyl (C=O) groups is 1. The average Bonchev–Trinajstić information content (AvgIpc) is 2.36. The molecule has 0 aliphatic carbocycles. The van der Waals surface area contributed by atoms with Gasteiger partial charge in [0.2, 0.25) is 0 Å². The number of amides is 1. The van der Waals surface area contributed by atoms with Crippen molar-refractivity contribution in [2.45, 2.75) is 26.4 Å². The van der Waals surface area contributed by atoms with Crippen LogP contribution in [0, 0.1) is 11.3 Å². The number of nitrogens with one attached hydrogen (secondary N) is 2. The highest BCUT2D eigenvalue weighted by atomic mass is 35.5. The third-order valence-electron chi connectivity index (χ3n) is 2.25. The van der Waals surface area contributed by atoms with Crippen molar-refractivity contribution >= 4 is 17.5 Å². The van der Waals surface area contributed by atoms with Gasteiger partial charge in [-0.05, 0) is 31.5 Å². The second kappa shape index (κ2) is 7.45. The molecule has 0 unspecified atom stereocenters. The van der Waals surface area contributed by atoms with Crippen LogP contribution in [0.15, 0.2) is 36.0 Å². The van der Waals surface area contributed by atoms with Crippen molar-refractivity contribution in [1.29, 1.82) is 5.26 Å². The first-order valence-corrected chi connectivity index (χ1v) is 6.29. The van der Waals surface area contributed by atoms with Crippen molar-refractivity contribution in [2.24, 2.45) is 0 Å². The fraction of sp³-hybridized carbons (Fsp3) is 0.286.